The van der Waals surface area contributed by atoms with Gasteiger partial charge in [-0.05, 0) is 131 Å². The molecule has 608 valence electrons. The van der Waals surface area contributed by atoms with Crippen molar-refractivity contribution in [2.24, 2.45) is 11.8 Å². The number of likely N-dealkylation sites (N-methyl/N-ethyl adjacent to an activating group) is 7. The lowest BCUT2D eigenvalue weighted by Crippen LogP contribution is -2.68. The van der Waals surface area contributed by atoms with E-state index >= 15 is 33.6 Å². The summed E-state index contributed by atoms with van der Waals surface area (Å²) >= 11 is 0. The number of carbonyl (C=O) groups excluding carboxylic acids is 12. The molecule has 26 nitrogen and oxygen atoms in total. The Morgan fingerprint density at radius 2 is 1.32 bits per heavy atom. The third kappa shape index (κ3) is 19.9. The van der Waals surface area contributed by atoms with Gasteiger partial charge in [-0.1, -0.05) is 76.8 Å². The van der Waals surface area contributed by atoms with E-state index in [0.29, 0.717) is 57.8 Å². The standard InChI is InChI=1S/C78H110F6N12O14/c1-14-23-56-67(100)86-65(47(4)15-2)73(106)95(52-33-34-52)46-64(99)90(9)57-26-18-17-21-39-94(72(57)105)59(40-48-27-31-51(32-28-48)77(79,80)81)70(103)88(7)45-62(97)85-55(36-30-49-29-35-54(78(82,83)84)61(41-49)109-13)68(101)96-44-53(110-16-3)42-60(96)71(104)93(12)76(37-22-38-76)75(108)92(11)66(50-24-19-20-25-50)74(107)91(10)58(69(102)87(5)6)43-63(98)89(56)8/h17-18,27-29,31-32,35,41,47,50,52-53,55-60,65-66H,14-16,19-26,30,33-34,36-40,42-46H2,1-13H3,(H,85,97)(H,86,100)/b18-17-/t47-,53+,55-,56-,57-,58-,59-,60-,65-,66-/m0/s1. The highest BCUT2D eigenvalue weighted by Crippen LogP contribution is 2.43. The highest BCUT2D eigenvalue weighted by molar-refractivity contribution is 6.01. The highest BCUT2D eigenvalue weighted by atomic mass is 19.4. The Morgan fingerprint density at radius 1 is 0.664 bits per heavy atom. The van der Waals surface area contributed by atoms with Crippen molar-refractivity contribution in [1.29, 1.82) is 0 Å². The van der Waals surface area contributed by atoms with Crippen LogP contribution in [0.3, 0.4) is 0 Å². The first-order valence-corrected chi connectivity index (χ1v) is 38.3. The van der Waals surface area contributed by atoms with E-state index in [9.17, 15) is 50.3 Å². The monoisotopic (exact) mass is 1550 g/mol. The number of amides is 12. The zero-order valence-electron chi connectivity index (χ0n) is 65.6. The Balaban J connectivity index is 1.24. The Bertz CT molecular complexity index is 3710. The highest BCUT2D eigenvalue weighted by Gasteiger charge is 2.57. The third-order valence-electron chi connectivity index (χ3n) is 23.2. The van der Waals surface area contributed by atoms with Crippen LogP contribution < -0.4 is 15.4 Å². The van der Waals surface area contributed by atoms with Crippen LogP contribution in [-0.4, -0.2) is 282 Å². The number of ether oxygens (including phenoxy) is 2. The number of halogens is 6. The first-order chi connectivity index (χ1) is 51.8. The molecule has 6 aliphatic rings. The summed E-state index contributed by atoms with van der Waals surface area (Å²) in [6, 6.07) is -4.65. The van der Waals surface area contributed by atoms with E-state index in [1.807, 2.05) is 6.92 Å². The zero-order chi connectivity index (χ0) is 81.2. The lowest BCUT2D eigenvalue weighted by molar-refractivity contribution is -0.166. The summed E-state index contributed by atoms with van der Waals surface area (Å²) in [5.41, 5.74) is -3.32. The van der Waals surface area contributed by atoms with Crippen LogP contribution in [-0.2, 0) is 87.5 Å². The van der Waals surface area contributed by atoms with Gasteiger partial charge >= 0.3 is 12.4 Å². The van der Waals surface area contributed by atoms with Crippen molar-refractivity contribution < 1.29 is 93.4 Å². The summed E-state index contributed by atoms with van der Waals surface area (Å²) in [6.07, 6.45) is -3.82. The number of fused-ring (bicyclic) bond motifs is 3. The summed E-state index contributed by atoms with van der Waals surface area (Å²) in [5, 5.41) is 5.64. The van der Waals surface area contributed by atoms with Gasteiger partial charge in [-0.3, -0.25) is 57.5 Å². The second-order valence-corrected chi connectivity index (χ2v) is 30.6. The topological polar surface area (TPSA) is 280 Å². The van der Waals surface area contributed by atoms with E-state index in [2.05, 4.69) is 10.6 Å². The molecule has 2 aromatic rings. The molecule has 1 spiro atoms. The third-order valence-corrected chi connectivity index (χ3v) is 23.2. The van der Waals surface area contributed by atoms with Gasteiger partial charge in [0, 0.05) is 95.0 Å². The number of nitrogens with zero attached hydrogens (tertiary/aromatic N) is 10. The molecule has 2 bridgehead atoms. The number of benzene rings is 2. The van der Waals surface area contributed by atoms with Gasteiger partial charge in [-0.2, -0.15) is 26.3 Å². The molecule has 2 saturated heterocycles. The first kappa shape index (κ1) is 86.7. The number of methoxy groups -OCH3 is 1. The number of aryl methyl sites for hydroxylation is 1. The average molecular weight is 1550 g/mol. The van der Waals surface area contributed by atoms with E-state index in [4.69, 9.17) is 9.47 Å². The molecule has 0 aromatic heterocycles. The Labute approximate surface area is 640 Å². The predicted octanol–water partition coefficient (Wildman–Crippen LogP) is 6.10. The van der Waals surface area contributed by atoms with Crippen molar-refractivity contribution in [3.63, 3.8) is 0 Å². The fourth-order valence-corrected chi connectivity index (χ4v) is 16.0. The minimum Gasteiger partial charge on any atom is -0.496 e. The van der Waals surface area contributed by atoms with Crippen LogP contribution >= 0.6 is 0 Å². The lowest BCUT2D eigenvalue weighted by atomic mass is 9.73. The first-order valence-electron chi connectivity index (χ1n) is 38.3. The minimum absolute atomic E-state index is 0.0819. The van der Waals surface area contributed by atoms with Crippen LogP contribution in [0.25, 0.3) is 0 Å². The Kier molecular flexibility index (Phi) is 29.2. The summed E-state index contributed by atoms with van der Waals surface area (Å²) in [5.74, 6) is -10.5. The molecule has 0 unspecified atom stereocenters. The minimum atomic E-state index is -4.82. The summed E-state index contributed by atoms with van der Waals surface area (Å²) < 4.78 is 96.0. The fraction of sp³-hybridized carbons (Fsp3) is 0.667. The molecule has 12 amide bonds. The number of alkyl halides is 6. The van der Waals surface area contributed by atoms with Crippen LogP contribution in [0.15, 0.2) is 54.6 Å². The molecule has 2 N–H and O–H groups in total. The van der Waals surface area contributed by atoms with Crippen LogP contribution in [0, 0.1) is 11.8 Å². The summed E-state index contributed by atoms with van der Waals surface area (Å²) in [7, 11) is 12.2. The second kappa shape index (κ2) is 37.0. The van der Waals surface area contributed by atoms with Crippen molar-refractivity contribution in [1.82, 2.24) is 59.6 Å². The molecule has 3 aliphatic heterocycles. The van der Waals surface area contributed by atoms with Crippen molar-refractivity contribution in [3.8, 4) is 5.75 Å². The molecule has 3 aliphatic carbocycles. The van der Waals surface area contributed by atoms with E-state index in [-0.39, 0.29) is 82.2 Å². The van der Waals surface area contributed by atoms with E-state index in [0.717, 1.165) is 58.2 Å². The quantitative estimate of drug-likeness (QED) is 0.151. The van der Waals surface area contributed by atoms with E-state index in [1.165, 1.54) is 96.7 Å². The van der Waals surface area contributed by atoms with Crippen molar-refractivity contribution in [2.75, 3.05) is 96.3 Å². The van der Waals surface area contributed by atoms with Crippen molar-refractivity contribution >= 4 is 70.9 Å². The maximum atomic E-state index is 15.8. The molecule has 3 heterocycles. The Morgan fingerprint density at radius 3 is 1.89 bits per heavy atom. The van der Waals surface area contributed by atoms with Crippen molar-refractivity contribution in [2.45, 2.75) is 228 Å². The lowest BCUT2D eigenvalue weighted by Gasteiger charge is -2.51. The molecule has 32 heteroatoms. The number of hydrogen-bond donors (Lipinski definition) is 2. The van der Waals surface area contributed by atoms with Crippen LogP contribution in [0.2, 0.25) is 0 Å². The zero-order valence-corrected chi connectivity index (χ0v) is 65.6. The van der Waals surface area contributed by atoms with Gasteiger partial charge in [0.1, 0.15) is 66.2 Å². The van der Waals surface area contributed by atoms with Gasteiger partial charge in [-0.15, -0.1) is 0 Å². The molecule has 110 heavy (non-hydrogen) atoms. The maximum absolute atomic E-state index is 15.8. The number of carbonyl (C=O) groups is 12. The number of nitrogens with one attached hydrogen (secondary N) is 2. The van der Waals surface area contributed by atoms with Gasteiger partial charge in [0.05, 0.1) is 37.3 Å². The molecular weight excluding hydrogens is 1440 g/mol. The van der Waals surface area contributed by atoms with Gasteiger partial charge in [0.15, 0.2) is 0 Å². The van der Waals surface area contributed by atoms with Gasteiger partial charge < -0.3 is 69.1 Å². The van der Waals surface area contributed by atoms with Gasteiger partial charge in [0.25, 0.3) is 0 Å². The SMILES string of the molecule is CCC[C@H]1C(=O)N[C@@H]([C@@H](C)CC)C(=O)N(C2CC2)CC(=O)N(C)[C@H]2C/C=C\CCN(C2=O)[C@@H](Cc2ccc(C(F)(F)F)cc2)C(=O)N(C)CC(=O)N[C@@H](CCc2ccc(C(F)(F)F)c(OC)c2)C(=O)N2C[C@H](OCC)C[C@H]2C(=O)N(C)C2(CCC2)C(=O)N(C)[C@@H](C2CCCC2)C(=O)N(C)[C@H](C(=O)N(C)C)CC(=O)N1C. The normalized spacial score (nSPS) is 26.5. The number of rotatable bonds is 15. The molecule has 8 rings (SSSR count). The second-order valence-electron chi connectivity index (χ2n) is 30.6. The van der Waals surface area contributed by atoms with Crippen LogP contribution in [0.4, 0.5) is 26.3 Å². The molecule has 10 atom stereocenters. The smallest absolute Gasteiger partial charge is 0.419 e. The predicted molar refractivity (Wildman–Crippen MR) is 392 cm³/mol. The average Bonchev–Trinajstić information content (AvgIpc) is 1.13. The molecular formula is C78H110F6N12O14. The van der Waals surface area contributed by atoms with Crippen molar-refractivity contribution in [3.05, 3.63) is 76.9 Å². The van der Waals surface area contributed by atoms with Crippen LogP contribution in [0.5, 0.6) is 5.75 Å². The largest absolute Gasteiger partial charge is 0.496 e. The van der Waals surface area contributed by atoms with Gasteiger partial charge in [-0.25, -0.2) is 0 Å². The summed E-state index contributed by atoms with van der Waals surface area (Å²) in [6.45, 7) is 5.31. The van der Waals surface area contributed by atoms with E-state index in [1.54, 1.807) is 32.9 Å². The number of hydrogen-bond acceptors (Lipinski definition) is 14. The van der Waals surface area contributed by atoms with E-state index < -0.39 is 204 Å². The molecule has 5 fully saturated rings. The maximum Gasteiger partial charge on any atom is 0.419 e. The van der Waals surface area contributed by atoms with Crippen LogP contribution in [0.1, 0.15) is 159 Å². The fourth-order valence-electron chi connectivity index (χ4n) is 16.0. The molecule has 2 aromatic carbocycles. The molecule has 0 radical (unpaired) electrons. The molecule has 3 saturated carbocycles. The Hall–Kier alpha value is -8.84. The van der Waals surface area contributed by atoms with Gasteiger partial charge in [0.2, 0.25) is 70.9 Å². The summed E-state index contributed by atoms with van der Waals surface area (Å²) in [4.78, 5) is 195.